The second-order valence-corrected chi connectivity index (χ2v) is 8.29. The SMILES string of the molecule is Cc1cc(Cl)ccc1NC(=S)N1CCc2c(c(C(=O)O)nn2-c2ccc(Cl)cc2)C1. The summed E-state index contributed by atoms with van der Waals surface area (Å²) in [6.45, 7) is 2.96. The fraction of sp³-hybridized carbons (Fsp3) is 0.190. The lowest BCUT2D eigenvalue weighted by molar-refractivity contribution is 0.0688. The molecule has 0 atom stereocenters. The van der Waals surface area contributed by atoms with Crippen LogP contribution in [0, 0.1) is 6.92 Å². The van der Waals surface area contributed by atoms with Gasteiger partial charge in [-0.1, -0.05) is 23.2 Å². The maximum absolute atomic E-state index is 11.8. The highest BCUT2D eigenvalue weighted by Crippen LogP contribution is 2.27. The van der Waals surface area contributed by atoms with E-state index in [-0.39, 0.29) is 5.69 Å². The van der Waals surface area contributed by atoms with Crippen molar-refractivity contribution in [2.24, 2.45) is 0 Å². The first-order valence-corrected chi connectivity index (χ1v) is 10.4. The zero-order valence-electron chi connectivity index (χ0n) is 16.0. The predicted molar refractivity (Wildman–Crippen MR) is 122 cm³/mol. The molecule has 2 heterocycles. The van der Waals surface area contributed by atoms with Crippen LogP contribution in [0.3, 0.4) is 0 Å². The van der Waals surface area contributed by atoms with Crippen LogP contribution in [0.15, 0.2) is 42.5 Å². The maximum Gasteiger partial charge on any atom is 0.356 e. The molecule has 1 aromatic heterocycles. The Labute approximate surface area is 189 Å². The van der Waals surface area contributed by atoms with E-state index >= 15 is 0 Å². The van der Waals surface area contributed by atoms with Crippen molar-refractivity contribution in [2.75, 3.05) is 11.9 Å². The highest BCUT2D eigenvalue weighted by Gasteiger charge is 2.29. The van der Waals surface area contributed by atoms with Gasteiger partial charge in [0.1, 0.15) is 0 Å². The van der Waals surface area contributed by atoms with E-state index < -0.39 is 5.97 Å². The quantitative estimate of drug-likeness (QED) is 0.539. The first kappa shape index (κ1) is 20.7. The van der Waals surface area contributed by atoms with E-state index in [1.165, 1.54) is 0 Å². The molecule has 0 unspecified atom stereocenters. The van der Waals surface area contributed by atoms with Gasteiger partial charge in [0.2, 0.25) is 0 Å². The average Bonchev–Trinajstić information content (AvgIpc) is 3.10. The summed E-state index contributed by atoms with van der Waals surface area (Å²) in [4.78, 5) is 13.8. The number of thiocarbonyl (C=S) groups is 1. The summed E-state index contributed by atoms with van der Waals surface area (Å²) in [5.74, 6) is -1.06. The number of aromatic carboxylic acids is 1. The first-order chi connectivity index (χ1) is 14.3. The van der Waals surface area contributed by atoms with Gasteiger partial charge < -0.3 is 15.3 Å². The number of hydrogen-bond acceptors (Lipinski definition) is 3. The van der Waals surface area contributed by atoms with Gasteiger partial charge in [-0.05, 0) is 67.2 Å². The summed E-state index contributed by atoms with van der Waals surface area (Å²) < 4.78 is 1.69. The van der Waals surface area contributed by atoms with Gasteiger partial charge in [-0.25, -0.2) is 9.48 Å². The molecule has 0 saturated carbocycles. The number of carboxylic acid groups (broad SMARTS) is 1. The lowest BCUT2D eigenvalue weighted by Crippen LogP contribution is -2.39. The van der Waals surface area contributed by atoms with Gasteiger partial charge in [0.05, 0.1) is 11.4 Å². The summed E-state index contributed by atoms with van der Waals surface area (Å²) in [6, 6.07) is 12.7. The zero-order valence-corrected chi connectivity index (χ0v) is 18.4. The van der Waals surface area contributed by atoms with Crippen molar-refractivity contribution in [3.8, 4) is 5.69 Å². The molecule has 0 fully saturated rings. The Morgan fingerprint density at radius 1 is 1.17 bits per heavy atom. The third-order valence-electron chi connectivity index (χ3n) is 5.05. The van der Waals surface area contributed by atoms with Crippen molar-refractivity contribution < 1.29 is 9.90 Å². The number of aromatic nitrogens is 2. The van der Waals surface area contributed by atoms with Crippen LogP contribution >= 0.6 is 35.4 Å². The topological polar surface area (TPSA) is 70.4 Å². The third kappa shape index (κ3) is 4.01. The van der Waals surface area contributed by atoms with E-state index in [2.05, 4.69) is 10.4 Å². The molecular weight excluding hydrogens is 443 g/mol. The average molecular weight is 461 g/mol. The van der Waals surface area contributed by atoms with Crippen molar-refractivity contribution in [1.82, 2.24) is 14.7 Å². The van der Waals surface area contributed by atoms with Gasteiger partial charge in [0, 0.05) is 40.8 Å². The van der Waals surface area contributed by atoms with Crippen LogP contribution in [-0.4, -0.2) is 37.4 Å². The lowest BCUT2D eigenvalue weighted by atomic mass is 10.1. The molecule has 0 bridgehead atoms. The number of rotatable bonds is 3. The first-order valence-electron chi connectivity index (χ1n) is 9.25. The van der Waals surface area contributed by atoms with Crippen LogP contribution in [0.25, 0.3) is 5.69 Å². The Morgan fingerprint density at radius 2 is 1.87 bits per heavy atom. The predicted octanol–water partition coefficient (Wildman–Crippen LogP) is 4.94. The molecule has 6 nitrogen and oxygen atoms in total. The number of carboxylic acids is 1. The Bertz CT molecular complexity index is 1140. The number of nitrogens with one attached hydrogen (secondary N) is 1. The molecule has 4 rings (SSSR count). The summed E-state index contributed by atoms with van der Waals surface area (Å²) in [5, 5.41) is 19.1. The zero-order chi connectivity index (χ0) is 21.4. The molecule has 1 aliphatic heterocycles. The van der Waals surface area contributed by atoms with E-state index in [0.29, 0.717) is 40.2 Å². The minimum absolute atomic E-state index is 0.0372. The molecule has 2 aromatic carbocycles. The molecule has 30 heavy (non-hydrogen) atoms. The van der Waals surface area contributed by atoms with E-state index in [1.807, 2.05) is 36.1 Å². The number of fused-ring (bicyclic) bond motifs is 1. The molecule has 9 heteroatoms. The van der Waals surface area contributed by atoms with Gasteiger partial charge in [0.25, 0.3) is 0 Å². The minimum Gasteiger partial charge on any atom is -0.476 e. The van der Waals surface area contributed by atoms with Gasteiger partial charge in [-0.15, -0.1) is 0 Å². The normalized spacial score (nSPS) is 13.1. The third-order valence-corrected chi connectivity index (χ3v) is 5.90. The van der Waals surface area contributed by atoms with Crippen molar-refractivity contribution in [1.29, 1.82) is 0 Å². The number of carbonyl (C=O) groups is 1. The van der Waals surface area contributed by atoms with E-state index in [0.717, 1.165) is 22.6 Å². The summed E-state index contributed by atoms with van der Waals surface area (Å²) >= 11 is 17.6. The van der Waals surface area contributed by atoms with E-state index in [4.69, 9.17) is 35.4 Å². The molecule has 0 radical (unpaired) electrons. The maximum atomic E-state index is 11.8. The largest absolute Gasteiger partial charge is 0.476 e. The fourth-order valence-electron chi connectivity index (χ4n) is 3.52. The Hall–Kier alpha value is -2.61. The molecule has 154 valence electrons. The van der Waals surface area contributed by atoms with Crippen molar-refractivity contribution in [3.05, 3.63) is 75.0 Å². The van der Waals surface area contributed by atoms with Crippen LogP contribution in [0.1, 0.15) is 27.3 Å². The van der Waals surface area contributed by atoms with Gasteiger partial charge in [-0.2, -0.15) is 5.10 Å². The Kier molecular flexibility index (Phi) is 5.69. The Balaban J connectivity index is 1.62. The minimum atomic E-state index is -1.06. The number of anilines is 1. The van der Waals surface area contributed by atoms with Crippen LogP contribution in [0.5, 0.6) is 0 Å². The van der Waals surface area contributed by atoms with Crippen LogP contribution in [0.4, 0.5) is 5.69 Å². The monoisotopic (exact) mass is 460 g/mol. The van der Waals surface area contributed by atoms with Crippen molar-refractivity contribution in [3.63, 3.8) is 0 Å². The highest BCUT2D eigenvalue weighted by molar-refractivity contribution is 7.80. The van der Waals surface area contributed by atoms with E-state index in [9.17, 15) is 9.90 Å². The van der Waals surface area contributed by atoms with Gasteiger partial charge >= 0.3 is 5.97 Å². The van der Waals surface area contributed by atoms with Gasteiger partial charge in [0.15, 0.2) is 10.8 Å². The molecule has 0 spiro atoms. The molecule has 1 aliphatic rings. The van der Waals surface area contributed by atoms with E-state index in [1.54, 1.807) is 22.9 Å². The van der Waals surface area contributed by atoms with Crippen LogP contribution < -0.4 is 5.32 Å². The Morgan fingerprint density at radius 3 is 2.53 bits per heavy atom. The van der Waals surface area contributed by atoms with Crippen LogP contribution in [-0.2, 0) is 13.0 Å². The summed E-state index contributed by atoms with van der Waals surface area (Å²) in [7, 11) is 0. The second-order valence-electron chi connectivity index (χ2n) is 7.03. The number of benzene rings is 2. The number of halogens is 2. The summed E-state index contributed by atoms with van der Waals surface area (Å²) in [6.07, 6.45) is 0.611. The molecule has 2 N–H and O–H groups in total. The molecule has 0 saturated heterocycles. The van der Waals surface area contributed by atoms with Crippen LogP contribution in [0.2, 0.25) is 10.0 Å². The standard InChI is InChI=1S/C21H18Cl2N4O2S/c1-12-10-14(23)4-7-17(12)24-21(30)26-9-8-18-16(11-26)19(20(28)29)25-27(18)15-5-2-13(22)3-6-15/h2-7,10H,8-9,11H2,1H3,(H,24,30)(H,28,29). The number of nitrogens with zero attached hydrogens (tertiary/aromatic N) is 3. The number of aryl methyl sites for hydroxylation is 1. The summed E-state index contributed by atoms with van der Waals surface area (Å²) in [5.41, 5.74) is 4.19. The molecular formula is C21H18Cl2N4O2S. The fourth-order valence-corrected chi connectivity index (χ4v) is 4.14. The highest BCUT2D eigenvalue weighted by atomic mass is 35.5. The molecule has 3 aromatic rings. The van der Waals surface area contributed by atoms with Crippen molar-refractivity contribution >= 4 is 52.2 Å². The number of hydrogen-bond donors (Lipinski definition) is 2. The second kappa shape index (κ2) is 8.26. The van der Waals surface area contributed by atoms with Gasteiger partial charge in [-0.3, -0.25) is 0 Å². The van der Waals surface area contributed by atoms with Crippen molar-refractivity contribution in [2.45, 2.75) is 19.9 Å². The lowest BCUT2D eigenvalue weighted by Gasteiger charge is -2.30. The smallest absolute Gasteiger partial charge is 0.356 e. The molecule has 0 amide bonds. The molecule has 0 aliphatic carbocycles.